The van der Waals surface area contributed by atoms with Crippen LogP contribution in [0.4, 0.5) is 28.9 Å². The molecule has 3 N–H and O–H groups in total. The van der Waals surface area contributed by atoms with Gasteiger partial charge in [0.05, 0.1) is 22.5 Å². The van der Waals surface area contributed by atoms with Crippen LogP contribution in [0.1, 0.15) is 72.4 Å². The van der Waals surface area contributed by atoms with Gasteiger partial charge in [0.15, 0.2) is 0 Å². The van der Waals surface area contributed by atoms with Crippen LogP contribution in [-0.2, 0) is 6.18 Å². The maximum atomic E-state index is 15.8. The van der Waals surface area contributed by atoms with E-state index in [1.807, 2.05) is 25.8 Å². The lowest BCUT2D eigenvalue weighted by atomic mass is 9.95. The van der Waals surface area contributed by atoms with Gasteiger partial charge in [-0.15, -0.1) is 11.3 Å². The Hall–Kier alpha value is -3.78. The van der Waals surface area contributed by atoms with Gasteiger partial charge in [-0.3, -0.25) is 19.3 Å². The Morgan fingerprint density at radius 1 is 1.05 bits per heavy atom. The van der Waals surface area contributed by atoms with Crippen molar-refractivity contribution in [1.82, 2.24) is 20.2 Å². The van der Waals surface area contributed by atoms with Crippen LogP contribution >= 0.6 is 11.3 Å². The van der Waals surface area contributed by atoms with Gasteiger partial charge < -0.3 is 20.5 Å². The smallest absolute Gasteiger partial charge is 0.367 e. The summed E-state index contributed by atoms with van der Waals surface area (Å²) in [5.74, 6) is -2.15. The second-order valence-corrected chi connectivity index (χ2v) is 12.4. The Morgan fingerprint density at radius 2 is 1.73 bits per heavy atom. The molecule has 1 aliphatic carbocycles. The fraction of sp³-hybridized carbons (Fsp3) is 0.467. The third-order valence-corrected chi connectivity index (χ3v) is 9.29. The zero-order chi connectivity index (χ0) is 31.8. The maximum absolute atomic E-state index is 15.8. The largest absolute Gasteiger partial charge is 0.417 e. The average molecular weight is 635 g/mol. The number of halogens is 4. The van der Waals surface area contributed by atoms with E-state index in [0.717, 1.165) is 43.4 Å². The van der Waals surface area contributed by atoms with Gasteiger partial charge in [0.2, 0.25) is 5.56 Å². The third kappa shape index (κ3) is 6.80. The Morgan fingerprint density at radius 3 is 2.39 bits per heavy atom. The van der Waals surface area contributed by atoms with Crippen molar-refractivity contribution < 1.29 is 27.2 Å². The van der Waals surface area contributed by atoms with Crippen LogP contribution in [0.3, 0.4) is 0 Å². The summed E-state index contributed by atoms with van der Waals surface area (Å²) in [6, 6.07) is 3.07. The van der Waals surface area contributed by atoms with Gasteiger partial charge in [0.1, 0.15) is 16.5 Å². The van der Waals surface area contributed by atoms with Crippen molar-refractivity contribution in [3.8, 4) is 10.6 Å². The van der Waals surface area contributed by atoms with E-state index in [0.29, 0.717) is 25.4 Å². The molecule has 1 aliphatic heterocycles. The normalized spacial score (nSPS) is 20.0. The van der Waals surface area contributed by atoms with E-state index in [4.69, 9.17) is 0 Å². The maximum Gasteiger partial charge on any atom is 0.417 e. The summed E-state index contributed by atoms with van der Waals surface area (Å²) in [6.45, 7) is 4.93. The predicted molar refractivity (Wildman–Crippen MR) is 161 cm³/mol. The minimum atomic E-state index is -4.96. The zero-order valence-electron chi connectivity index (χ0n) is 24.6. The van der Waals surface area contributed by atoms with Crippen molar-refractivity contribution >= 4 is 34.5 Å². The van der Waals surface area contributed by atoms with Gasteiger partial charge in [-0.25, -0.2) is 9.37 Å². The summed E-state index contributed by atoms with van der Waals surface area (Å²) < 4.78 is 57.0. The van der Waals surface area contributed by atoms with Crippen LogP contribution in [0.2, 0.25) is 0 Å². The number of nitrogens with zero attached hydrogens (tertiary/aromatic N) is 3. The van der Waals surface area contributed by atoms with E-state index in [9.17, 15) is 27.6 Å². The van der Waals surface area contributed by atoms with Crippen molar-refractivity contribution in [2.75, 3.05) is 30.4 Å². The lowest BCUT2D eigenvalue weighted by molar-refractivity contribution is -0.138. The minimum Gasteiger partial charge on any atom is -0.367 e. The number of hydrogen-bond donors (Lipinski definition) is 3. The number of nitrogens with one attached hydrogen (secondary N) is 3. The monoisotopic (exact) mass is 634 g/mol. The molecule has 236 valence electrons. The second-order valence-electron chi connectivity index (χ2n) is 11.5. The van der Waals surface area contributed by atoms with Crippen LogP contribution in [0.25, 0.3) is 10.6 Å². The first-order valence-corrected chi connectivity index (χ1v) is 15.4. The fourth-order valence-electron chi connectivity index (χ4n) is 5.78. The molecule has 1 saturated heterocycles. The first-order chi connectivity index (χ1) is 20.8. The molecule has 2 aliphatic rings. The number of alkyl halides is 3. The quantitative estimate of drug-likeness (QED) is 0.309. The SMILES string of the molecule is CC1CN(c2cc(F)c(-c3nc(C(=O)NC4CCCCC4)cs3)cc2NC(=O)c2c[nH]c(=O)cc2C(F)(F)F)C[C@H](C)N1C. The van der Waals surface area contributed by atoms with E-state index in [1.165, 1.54) is 17.5 Å². The number of piperazine rings is 1. The number of rotatable bonds is 6. The summed E-state index contributed by atoms with van der Waals surface area (Å²) in [5.41, 5.74) is -2.71. The van der Waals surface area contributed by atoms with Crippen LogP contribution in [0.5, 0.6) is 0 Å². The van der Waals surface area contributed by atoms with Crippen molar-refractivity contribution in [3.05, 3.63) is 62.8 Å². The zero-order valence-corrected chi connectivity index (χ0v) is 25.4. The summed E-state index contributed by atoms with van der Waals surface area (Å²) >= 11 is 1.05. The molecule has 2 amide bonds. The highest BCUT2D eigenvalue weighted by Gasteiger charge is 2.36. The Labute approximate surface area is 255 Å². The molecule has 2 fully saturated rings. The Bertz CT molecular complexity index is 1590. The number of H-pyrrole nitrogens is 1. The molecule has 1 unspecified atom stereocenters. The highest BCUT2D eigenvalue weighted by Crippen LogP contribution is 2.38. The molecular formula is C30H34F4N6O3S. The number of likely N-dealkylation sites (N-methyl/N-ethyl adjacent to an activating group) is 1. The highest BCUT2D eigenvalue weighted by molar-refractivity contribution is 7.13. The first kappa shape index (κ1) is 31.6. The van der Waals surface area contributed by atoms with Gasteiger partial charge in [0, 0.05) is 60.5 Å². The Kier molecular flexibility index (Phi) is 9.12. The van der Waals surface area contributed by atoms with Crippen LogP contribution < -0.4 is 21.1 Å². The van der Waals surface area contributed by atoms with Crippen LogP contribution in [0, 0.1) is 5.82 Å². The highest BCUT2D eigenvalue weighted by atomic mass is 32.1. The standard InChI is InChI=1S/C30H34F4N6O3S/c1-16-13-40(14-17(2)39(16)3)25-11-22(31)19(29-38-24(15-44-29)28(43)36-18-7-5-4-6-8-18)9-23(25)37-27(42)20-12-35-26(41)10-21(20)30(32,33)34/h9-12,15-18H,4-8,13-14H2,1-3H3,(H,35,41)(H,36,43)(H,37,42)/t16-,17?/m0/s1. The van der Waals surface area contributed by atoms with Gasteiger partial charge in [-0.05, 0) is 39.8 Å². The second kappa shape index (κ2) is 12.7. The lowest BCUT2D eigenvalue weighted by Gasteiger charge is -2.44. The molecule has 1 saturated carbocycles. The van der Waals surface area contributed by atoms with Crippen molar-refractivity contribution in [2.24, 2.45) is 0 Å². The molecule has 1 aromatic carbocycles. The molecule has 5 rings (SSSR count). The minimum absolute atomic E-state index is 0.0153. The van der Waals surface area contributed by atoms with Gasteiger partial charge in [-0.1, -0.05) is 19.3 Å². The summed E-state index contributed by atoms with van der Waals surface area (Å²) in [6.07, 6.45) is 0.722. The molecule has 9 nitrogen and oxygen atoms in total. The molecular weight excluding hydrogens is 600 g/mol. The predicted octanol–water partition coefficient (Wildman–Crippen LogP) is 5.50. The van der Waals surface area contributed by atoms with E-state index >= 15 is 4.39 Å². The van der Waals surface area contributed by atoms with E-state index in [-0.39, 0.29) is 51.7 Å². The van der Waals surface area contributed by atoms with Crippen LogP contribution in [0.15, 0.2) is 34.6 Å². The van der Waals surface area contributed by atoms with Gasteiger partial charge >= 0.3 is 6.18 Å². The molecule has 3 aromatic rings. The number of carbonyl (C=O) groups is 2. The molecule has 0 spiro atoms. The number of anilines is 2. The third-order valence-electron chi connectivity index (χ3n) is 8.42. The Balaban J connectivity index is 1.51. The van der Waals surface area contributed by atoms with Gasteiger partial charge in [-0.2, -0.15) is 13.2 Å². The number of pyridine rings is 1. The molecule has 2 aromatic heterocycles. The molecule has 44 heavy (non-hydrogen) atoms. The number of benzene rings is 1. The topological polar surface area (TPSA) is 110 Å². The fourth-order valence-corrected chi connectivity index (χ4v) is 6.60. The summed E-state index contributed by atoms with van der Waals surface area (Å²) in [4.78, 5) is 48.3. The van der Waals surface area contributed by atoms with Gasteiger partial charge in [0.25, 0.3) is 11.8 Å². The van der Waals surface area contributed by atoms with Crippen molar-refractivity contribution in [1.29, 1.82) is 0 Å². The first-order valence-electron chi connectivity index (χ1n) is 14.5. The molecule has 0 radical (unpaired) electrons. The molecule has 3 heterocycles. The number of carbonyl (C=O) groups excluding carboxylic acids is 2. The summed E-state index contributed by atoms with van der Waals surface area (Å²) in [5, 5.41) is 7.22. The van der Waals surface area contributed by atoms with Crippen molar-refractivity contribution in [3.63, 3.8) is 0 Å². The number of amides is 2. The van der Waals surface area contributed by atoms with E-state index < -0.39 is 34.6 Å². The molecule has 2 atom stereocenters. The molecule has 0 bridgehead atoms. The lowest BCUT2D eigenvalue weighted by Crippen LogP contribution is -2.55. The van der Waals surface area contributed by atoms with Crippen LogP contribution in [-0.4, -0.2) is 64.9 Å². The number of hydrogen-bond acceptors (Lipinski definition) is 7. The van der Waals surface area contributed by atoms with E-state index in [1.54, 1.807) is 0 Å². The summed E-state index contributed by atoms with van der Waals surface area (Å²) in [7, 11) is 1.97. The molecule has 14 heteroatoms. The van der Waals surface area contributed by atoms with E-state index in [2.05, 4.69) is 25.5 Å². The number of aromatic nitrogens is 2. The van der Waals surface area contributed by atoms with Crippen molar-refractivity contribution in [2.45, 2.75) is 70.3 Å². The average Bonchev–Trinajstić information content (AvgIpc) is 3.47. The number of thiazole rings is 1. The number of aromatic amines is 1.